The molecule has 1 atom stereocenters. The number of nitrogens with one attached hydrogen (secondary N) is 1. The maximum absolute atomic E-state index is 6.11. The molecule has 17 heavy (non-hydrogen) atoms. The van der Waals surface area contributed by atoms with Crippen molar-refractivity contribution in [1.29, 1.82) is 0 Å². The predicted octanol–water partition coefficient (Wildman–Crippen LogP) is 4.52. The van der Waals surface area contributed by atoms with Crippen LogP contribution in [0.2, 0.25) is 10.0 Å². The quantitative estimate of drug-likeness (QED) is 0.768. The van der Waals surface area contributed by atoms with E-state index < -0.39 is 0 Å². The monoisotopic (exact) mass is 339 g/mol. The number of ether oxygens (including phenoxy) is 1. The highest BCUT2D eigenvalue weighted by molar-refractivity contribution is 9.10. The summed E-state index contributed by atoms with van der Waals surface area (Å²) < 4.78 is 6.64. The Morgan fingerprint density at radius 3 is 2.65 bits per heavy atom. The van der Waals surface area contributed by atoms with E-state index in [0.29, 0.717) is 15.8 Å². The molecule has 1 unspecified atom stereocenters. The molecule has 0 amide bonds. The van der Waals surface area contributed by atoms with Crippen LogP contribution >= 0.6 is 39.1 Å². The Bertz CT molecular complexity index is 368. The number of hydrogen-bond donors (Lipinski definition) is 1. The Hall–Kier alpha value is 0.0400. The summed E-state index contributed by atoms with van der Waals surface area (Å²) in [7, 11) is 1.90. The minimum absolute atomic E-state index is 0.111. The number of likely N-dealkylation sites (N-methyl/N-ethyl adjacent to an activating group) is 1. The van der Waals surface area contributed by atoms with Gasteiger partial charge in [0.15, 0.2) is 0 Å². The fourth-order valence-electron chi connectivity index (χ4n) is 1.53. The first-order valence-electron chi connectivity index (χ1n) is 5.54. The van der Waals surface area contributed by atoms with Crippen molar-refractivity contribution in [2.24, 2.45) is 0 Å². The lowest BCUT2D eigenvalue weighted by Gasteiger charge is -2.19. The second-order valence-corrected chi connectivity index (χ2v) is 5.45. The third-order valence-electron chi connectivity index (χ3n) is 2.31. The van der Waals surface area contributed by atoms with Gasteiger partial charge >= 0.3 is 0 Å². The minimum Gasteiger partial charge on any atom is -0.487 e. The van der Waals surface area contributed by atoms with Gasteiger partial charge in [0.1, 0.15) is 11.9 Å². The van der Waals surface area contributed by atoms with Gasteiger partial charge in [0.2, 0.25) is 0 Å². The van der Waals surface area contributed by atoms with Gasteiger partial charge in [0.25, 0.3) is 0 Å². The van der Waals surface area contributed by atoms with Gasteiger partial charge in [-0.15, -0.1) is 0 Å². The molecule has 1 aromatic rings. The molecule has 1 rings (SSSR count). The summed E-state index contributed by atoms with van der Waals surface area (Å²) in [4.78, 5) is 0. The average molecular weight is 341 g/mol. The molecular weight excluding hydrogens is 325 g/mol. The molecule has 0 aromatic heterocycles. The number of hydrogen-bond acceptors (Lipinski definition) is 2. The first-order chi connectivity index (χ1) is 8.08. The van der Waals surface area contributed by atoms with Crippen LogP contribution in [0, 0.1) is 0 Å². The Balaban J connectivity index is 2.81. The minimum atomic E-state index is 0.111. The Morgan fingerprint density at radius 2 is 2.06 bits per heavy atom. The molecule has 0 aliphatic rings. The summed E-state index contributed by atoms with van der Waals surface area (Å²) in [6, 6.07) is 3.49. The molecule has 1 aromatic carbocycles. The van der Waals surface area contributed by atoms with E-state index in [0.717, 1.165) is 23.9 Å². The van der Waals surface area contributed by atoms with Crippen LogP contribution in [0.1, 0.15) is 19.8 Å². The average Bonchev–Trinajstić information content (AvgIpc) is 2.26. The second kappa shape index (κ2) is 7.47. The molecule has 2 nitrogen and oxygen atoms in total. The third kappa shape index (κ3) is 4.66. The second-order valence-electron chi connectivity index (χ2n) is 3.78. The summed E-state index contributed by atoms with van der Waals surface area (Å²) in [6.07, 6.45) is 2.15. The van der Waals surface area contributed by atoms with Crippen molar-refractivity contribution in [3.63, 3.8) is 0 Å². The van der Waals surface area contributed by atoms with Gasteiger partial charge in [-0.3, -0.25) is 0 Å². The van der Waals surface area contributed by atoms with Crippen LogP contribution in [0.15, 0.2) is 16.6 Å². The van der Waals surface area contributed by atoms with E-state index >= 15 is 0 Å². The standard InChI is InChI=1S/C12H16BrCl2NO/c1-3-4-8(7-16-2)17-12-6-10(14)9(13)5-11(12)15/h5-6,8,16H,3-4,7H2,1-2H3. The van der Waals surface area contributed by atoms with Gasteiger partial charge in [0.05, 0.1) is 10.0 Å². The molecule has 0 heterocycles. The fraction of sp³-hybridized carbons (Fsp3) is 0.500. The lowest BCUT2D eigenvalue weighted by Crippen LogP contribution is -2.29. The van der Waals surface area contributed by atoms with E-state index in [4.69, 9.17) is 27.9 Å². The fourth-order valence-corrected chi connectivity index (χ4v) is 2.36. The maximum atomic E-state index is 6.11. The molecule has 1 N–H and O–H groups in total. The molecule has 0 saturated carbocycles. The Kier molecular flexibility index (Phi) is 6.63. The molecule has 0 radical (unpaired) electrons. The van der Waals surface area contributed by atoms with E-state index in [-0.39, 0.29) is 6.10 Å². The lowest BCUT2D eigenvalue weighted by molar-refractivity contribution is 0.189. The molecule has 0 saturated heterocycles. The highest BCUT2D eigenvalue weighted by atomic mass is 79.9. The number of benzene rings is 1. The third-order valence-corrected chi connectivity index (χ3v) is 3.80. The molecular formula is C12H16BrCl2NO. The van der Waals surface area contributed by atoms with Gasteiger partial charge in [-0.2, -0.15) is 0 Å². The SMILES string of the molecule is CCCC(CNC)Oc1cc(Cl)c(Br)cc1Cl. The van der Waals surface area contributed by atoms with Gasteiger partial charge in [-0.1, -0.05) is 36.5 Å². The van der Waals surface area contributed by atoms with Gasteiger partial charge < -0.3 is 10.1 Å². The first kappa shape index (κ1) is 15.1. The predicted molar refractivity (Wildman–Crippen MR) is 77.4 cm³/mol. The topological polar surface area (TPSA) is 21.3 Å². The van der Waals surface area contributed by atoms with E-state index in [9.17, 15) is 0 Å². The van der Waals surface area contributed by atoms with E-state index in [1.165, 1.54) is 0 Å². The van der Waals surface area contributed by atoms with Crippen LogP contribution in [0.5, 0.6) is 5.75 Å². The largest absolute Gasteiger partial charge is 0.487 e. The lowest BCUT2D eigenvalue weighted by atomic mass is 10.2. The van der Waals surface area contributed by atoms with Crippen molar-refractivity contribution in [3.05, 3.63) is 26.7 Å². The zero-order valence-electron chi connectivity index (χ0n) is 9.90. The molecule has 0 aliphatic carbocycles. The summed E-state index contributed by atoms with van der Waals surface area (Å²) in [5.74, 6) is 0.633. The number of halogens is 3. The Morgan fingerprint density at radius 1 is 1.35 bits per heavy atom. The van der Waals surface area contributed by atoms with Crippen molar-refractivity contribution in [3.8, 4) is 5.75 Å². The van der Waals surface area contributed by atoms with E-state index in [1.54, 1.807) is 12.1 Å². The van der Waals surface area contributed by atoms with Crippen LogP contribution in [-0.4, -0.2) is 19.7 Å². The van der Waals surface area contributed by atoms with Crippen LogP contribution < -0.4 is 10.1 Å². The Labute approximate surface area is 121 Å². The number of rotatable bonds is 6. The van der Waals surface area contributed by atoms with Crippen molar-refractivity contribution in [2.75, 3.05) is 13.6 Å². The molecule has 0 bridgehead atoms. The summed E-state index contributed by atoms with van der Waals surface area (Å²) >= 11 is 15.5. The first-order valence-corrected chi connectivity index (χ1v) is 7.09. The van der Waals surface area contributed by atoms with Gasteiger partial charge in [-0.05, 0) is 35.5 Å². The van der Waals surface area contributed by atoms with Gasteiger partial charge in [0, 0.05) is 17.1 Å². The van der Waals surface area contributed by atoms with E-state index in [1.807, 2.05) is 7.05 Å². The van der Waals surface area contributed by atoms with Crippen molar-refractivity contribution in [2.45, 2.75) is 25.9 Å². The highest BCUT2D eigenvalue weighted by Gasteiger charge is 2.12. The van der Waals surface area contributed by atoms with Crippen LogP contribution in [0.3, 0.4) is 0 Å². The molecule has 0 aliphatic heterocycles. The molecule has 0 spiro atoms. The summed E-state index contributed by atoms with van der Waals surface area (Å²) in [5, 5.41) is 4.28. The summed E-state index contributed by atoms with van der Waals surface area (Å²) in [5.41, 5.74) is 0. The normalized spacial score (nSPS) is 12.5. The van der Waals surface area contributed by atoms with Gasteiger partial charge in [-0.25, -0.2) is 0 Å². The van der Waals surface area contributed by atoms with Crippen molar-refractivity contribution in [1.82, 2.24) is 5.32 Å². The van der Waals surface area contributed by atoms with Crippen molar-refractivity contribution < 1.29 is 4.74 Å². The van der Waals surface area contributed by atoms with Crippen LogP contribution in [-0.2, 0) is 0 Å². The smallest absolute Gasteiger partial charge is 0.139 e. The zero-order chi connectivity index (χ0) is 12.8. The summed E-state index contributed by atoms with van der Waals surface area (Å²) in [6.45, 7) is 2.92. The van der Waals surface area contributed by atoms with Crippen LogP contribution in [0.25, 0.3) is 0 Å². The van der Waals surface area contributed by atoms with E-state index in [2.05, 4.69) is 28.2 Å². The zero-order valence-corrected chi connectivity index (χ0v) is 13.0. The van der Waals surface area contributed by atoms with Crippen molar-refractivity contribution >= 4 is 39.1 Å². The molecule has 5 heteroatoms. The highest BCUT2D eigenvalue weighted by Crippen LogP contribution is 2.34. The molecule has 0 fully saturated rings. The molecule has 96 valence electrons. The van der Waals surface area contributed by atoms with Crippen LogP contribution in [0.4, 0.5) is 0 Å². The maximum Gasteiger partial charge on any atom is 0.139 e.